The standard InChI is InChI=1S/C36H69NO5/c1-3-5-7-9-11-12-13-14-15-16-17-18-19-20-21-22-24-26-28-30-34(40)36(42)37-32(31-38)35(41)33(39)29-27-25-23-10-8-6-4-2/h10,17-18,23,32-35,38-41H,3-9,11-16,19-22,24-31H2,1-2H3,(H,37,42)/b18-17-,23-10+. The second-order valence-electron chi connectivity index (χ2n) is 12.2. The van der Waals surface area contributed by atoms with Crippen molar-refractivity contribution in [2.75, 3.05) is 6.61 Å². The van der Waals surface area contributed by atoms with E-state index in [4.69, 9.17) is 0 Å². The van der Waals surface area contributed by atoms with Gasteiger partial charge in [0.05, 0.1) is 18.8 Å². The fraction of sp³-hybridized carbons (Fsp3) is 0.861. The van der Waals surface area contributed by atoms with Gasteiger partial charge in [0.2, 0.25) is 5.91 Å². The Kier molecular flexibility index (Phi) is 30.3. The number of nitrogens with one attached hydrogen (secondary N) is 1. The first-order valence-corrected chi connectivity index (χ1v) is 17.7. The Balaban J connectivity index is 3.78. The highest BCUT2D eigenvalue weighted by molar-refractivity contribution is 5.80. The molecule has 6 heteroatoms. The van der Waals surface area contributed by atoms with Crippen molar-refractivity contribution in [3.63, 3.8) is 0 Å². The number of unbranched alkanes of at least 4 members (excludes halogenated alkanes) is 18. The highest BCUT2D eigenvalue weighted by atomic mass is 16.3. The lowest BCUT2D eigenvalue weighted by molar-refractivity contribution is -0.132. The summed E-state index contributed by atoms with van der Waals surface area (Å²) >= 11 is 0. The van der Waals surface area contributed by atoms with Gasteiger partial charge in [-0.25, -0.2) is 0 Å². The van der Waals surface area contributed by atoms with E-state index in [0.29, 0.717) is 19.3 Å². The zero-order valence-electron chi connectivity index (χ0n) is 27.5. The normalized spacial score (nSPS) is 14.9. The molecule has 0 aromatic heterocycles. The van der Waals surface area contributed by atoms with E-state index in [2.05, 4.69) is 43.5 Å². The Morgan fingerprint density at radius 2 is 1.00 bits per heavy atom. The van der Waals surface area contributed by atoms with E-state index in [9.17, 15) is 25.2 Å². The molecule has 0 spiro atoms. The van der Waals surface area contributed by atoms with Gasteiger partial charge in [-0.05, 0) is 57.8 Å². The Hall–Kier alpha value is -1.21. The van der Waals surface area contributed by atoms with Crippen LogP contribution in [0.15, 0.2) is 24.3 Å². The van der Waals surface area contributed by atoms with Gasteiger partial charge in [0.25, 0.3) is 0 Å². The highest BCUT2D eigenvalue weighted by Gasteiger charge is 2.28. The Bertz CT molecular complexity index is 638. The lowest BCUT2D eigenvalue weighted by Gasteiger charge is -2.27. The summed E-state index contributed by atoms with van der Waals surface area (Å²) in [7, 11) is 0. The van der Waals surface area contributed by atoms with Crippen LogP contribution in [-0.2, 0) is 4.79 Å². The first-order valence-electron chi connectivity index (χ1n) is 17.7. The van der Waals surface area contributed by atoms with Crippen LogP contribution in [-0.4, -0.2) is 57.3 Å². The van der Waals surface area contributed by atoms with Crippen LogP contribution in [0.1, 0.15) is 168 Å². The number of carbonyl (C=O) groups excluding carboxylic acids is 1. The molecule has 0 rings (SSSR count). The molecule has 248 valence electrons. The van der Waals surface area contributed by atoms with Crippen molar-refractivity contribution in [3.05, 3.63) is 24.3 Å². The van der Waals surface area contributed by atoms with Gasteiger partial charge < -0.3 is 25.7 Å². The van der Waals surface area contributed by atoms with Gasteiger partial charge in [-0.3, -0.25) is 4.79 Å². The van der Waals surface area contributed by atoms with Crippen LogP contribution < -0.4 is 5.32 Å². The maximum Gasteiger partial charge on any atom is 0.249 e. The van der Waals surface area contributed by atoms with Crippen LogP contribution in [0, 0.1) is 0 Å². The molecule has 0 aromatic rings. The zero-order valence-corrected chi connectivity index (χ0v) is 27.5. The second-order valence-corrected chi connectivity index (χ2v) is 12.2. The molecule has 0 saturated heterocycles. The number of rotatable bonds is 31. The monoisotopic (exact) mass is 596 g/mol. The summed E-state index contributed by atoms with van der Waals surface area (Å²) in [6.45, 7) is 3.93. The minimum absolute atomic E-state index is 0.356. The third-order valence-electron chi connectivity index (χ3n) is 8.13. The number of aliphatic hydroxyl groups excluding tert-OH is 4. The van der Waals surface area contributed by atoms with Crippen molar-refractivity contribution in [2.45, 2.75) is 192 Å². The molecular formula is C36H69NO5. The predicted octanol–water partition coefficient (Wildman–Crippen LogP) is 8.06. The molecule has 0 bridgehead atoms. The summed E-state index contributed by atoms with van der Waals surface area (Å²) in [6.07, 6.45) is 32.2. The predicted molar refractivity (Wildman–Crippen MR) is 177 cm³/mol. The Morgan fingerprint density at radius 3 is 1.50 bits per heavy atom. The summed E-state index contributed by atoms with van der Waals surface area (Å²) in [6, 6.07) is -0.999. The molecule has 0 aliphatic carbocycles. The van der Waals surface area contributed by atoms with E-state index >= 15 is 0 Å². The summed E-state index contributed by atoms with van der Waals surface area (Å²) < 4.78 is 0. The van der Waals surface area contributed by atoms with Gasteiger partial charge in [-0.1, -0.05) is 134 Å². The molecule has 6 nitrogen and oxygen atoms in total. The van der Waals surface area contributed by atoms with Crippen molar-refractivity contribution in [3.8, 4) is 0 Å². The molecule has 42 heavy (non-hydrogen) atoms. The number of hydrogen-bond donors (Lipinski definition) is 5. The average molecular weight is 596 g/mol. The van der Waals surface area contributed by atoms with Gasteiger partial charge in [-0.15, -0.1) is 0 Å². The second kappa shape index (κ2) is 31.2. The number of hydrogen-bond acceptors (Lipinski definition) is 5. The van der Waals surface area contributed by atoms with Crippen LogP contribution in [0.2, 0.25) is 0 Å². The smallest absolute Gasteiger partial charge is 0.249 e. The Morgan fingerprint density at radius 1 is 0.571 bits per heavy atom. The third-order valence-corrected chi connectivity index (χ3v) is 8.13. The maximum absolute atomic E-state index is 12.4. The van der Waals surface area contributed by atoms with Crippen LogP contribution in [0.25, 0.3) is 0 Å². The topological polar surface area (TPSA) is 110 Å². The molecule has 0 heterocycles. The van der Waals surface area contributed by atoms with Gasteiger partial charge in [0, 0.05) is 0 Å². The lowest BCUT2D eigenvalue weighted by Crippen LogP contribution is -2.53. The van der Waals surface area contributed by atoms with Crippen LogP contribution >= 0.6 is 0 Å². The first-order chi connectivity index (χ1) is 20.5. The molecule has 0 radical (unpaired) electrons. The number of amides is 1. The maximum atomic E-state index is 12.4. The van der Waals surface area contributed by atoms with E-state index in [1.165, 1.54) is 89.9 Å². The van der Waals surface area contributed by atoms with Gasteiger partial charge >= 0.3 is 0 Å². The van der Waals surface area contributed by atoms with Gasteiger partial charge in [-0.2, -0.15) is 0 Å². The van der Waals surface area contributed by atoms with Crippen molar-refractivity contribution in [1.82, 2.24) is 5.32 Å². The quantitative estimate of drug-likeness (QED) is 0.0411. The average Bonchev–Trinajstić information content (AvgIpc) is 2.99. The third kappa shape index (κ3) is 25.3. The van der Waals surface area contributed by atoms with Crippen molar-refractivity contribution in [2.24, 2.45) is 0 Å². The zero-order chi connectivity index (χ0) is 31.1. The molecule has 0 aromatic carbocycles. The summed E-state index contributed by atoms with van der Waals surface area (Å²) in [5, 5.41) is 43.1. The SMILES string of the molecule is CCCC/C=C/CCCC(O)C(O)C(CO)NC(=O)C(O)CCCCCCCC/C=C\CCCCCCCCCCC. The van der Waals surface area contributed by atoms with Crippen LogP contribution in [0.5, 0.6) is 0 Å². The lowest BCUT2D eigenvalue weighted by atomic mass is 10.00. The fourth-order valence-corrected chi connectivity index (χ4v) is 5.21. The molecule has 5 N–H and O–H groups in total. The summed E-state index contributed by atoms with van der Waals surface area (Å²) in [4.78, 5) is 12.4. The molecule has 0 aliphatic rings. The van der Waals surface area contributed by atoms with E-state index in [1.807, 2.05) is 0 Å². The van der Waals surface area contributed by atoms with Crippen LogP contribution in [0.3, 0.4) is 0 Å². The molecule has 0 fully saturated rings. The van der Waals surface area contributed by atoms with Crippen molar-refractivity contribution < 1.29 is 25.2 Å². The molecular weight excluding hydrogens is 526 g/mol. The Labute approximate surface area is 259 Å². The van der Waals surface area contributed by atoms with Crippen LogP contribution in [0.4, 0.5) is 0 Å². The number of allylic oxidation sites excluding steroid dienone is 4. The van der Waals surface area contributed by atoms with E-state index < -0.39 is 36.9 Å². The van der Waals surface area contributed by atoms with Gasteiger partial charge in [0.15, 0.2) is 0 Å². The molecule has 4 atom stereocenters. The van der Waals surface area contributed by atoms with E-state index in [0.717, 1.165) is 44.9 Å². The number of aliphatic hydroxyl groups is 4. The number of carbonyl (C=O) groups is 1. The minimum atomic E-state index is -1.28. The summed E-state index contributed by atoms with van der Waals surface area (Å²) in [5.41, 5.74) is 0. The van der Waals surface area contributed by atoms with Gasteiger partial charge in [0.1, 0.15) is 12.2 Å². The summed E-state index contributed by atoms with van der Waals surface area (Å²) in [5.74, 6) is -0.603. The molecule has 4 unspecified atom stereocenters. The molecule has 0 aliphatic heterocycles. The van der Waals surface area contributed by atoms with E-state index in [1.54, 1.807) is 0 Å². The molecule has 1 amide bonds. The first kappa shape index (κ1) is 40.8. The van der Waals surface area contributed by atoms with Crippen molar-refractivity contribution in [1.29, 1.82) is 0 Å². The highest BCUT2D eigenvalue weighted by Crippen LogP contribution is 2.14. The molecule has 0 saturated carbocycles. The largest absolute Gasteiger partial charge is 0.394 e. The minimum Gasteiger partial charge on any atom is -0.394 e. The van der Waals surface area contributed by atoms with E-state index in [-0.39, 0.29) is 0 Å². The fourth-order valence-electron chi connectivity index (χ4n) is 5.21. The van der Waals surface area contributed by atoms with Crippen molar-refractivity contribution >= 4 is 5.91 Å².